The molecular weight excluding hydrogens is 170 g/mol. The Morgan fingerprint density at radius 3 is 2.50 bits per heavy atom. The average Bonchev–Trinajstić information content (AvgIpc) is 2.35. The third kappa shape index (κ3) is 2.03. The Labute approximate surface area is 76.0 Å². The first kappa shape index (κ1) is 9.17. The van der Waals surface area contributed by atoms with Crippen molar-refractivity contribution in [3.63, 3.8) is 0 Å². The Morgan fingerprint density at radius 1 is 1.42 bits per heavy atom. The van der Waals surface area contributed by atoms with Crippen molar-refractivity contribution in [2.45, 2.75) is 26.2 Å². The third-order valence-electron chi connectivity index (χ3n) is 1.49. The number of hydrogen-bond acceptors (Lipinski definition) is 3. The molecule has 0 amide bonds. The fourth-order valence-electron chi connectivity index (χ4n) is 0.836. The summed E-state index contributed by atoms with van der Waals surface area (Å²) in [5.74, 6) is 0. The summed E-state index contributed by atoms with van der Waals surface area (Å²) in [4.78, 5) is 14.7. The molecule has 0 radical (unpaired) electrons. The van der Waals surface area contributed by atoms with E-state index in [1.54, 1.807) is 0 Å². The van der Waals surface area contributed by atoms with Crippen LogP contribution < -0.4 is 0 Å². The van der Waals surface area contributed by atoms with Crippen molar-refractivity contribution < 1.29 is 4.79 Å². The van der Waals surface area contributed by atoms with Crippen LogP contribution in [0.3, 0.4) is 0 Å². The molecule has 0 bridgehead atoms. The molecule has 3 heteroatoms. The number of isocyanates is 1. The molecule has 0 aliphatic rings. The molecule has 0 spiro atoms. The van der Waals surface area contributed by atoms with Crippen LogP contribution in [0.1, 0.15) is 25.6 Å². The largest absolute Gasteiger partial charge is 0.241 e. The van der Waals surface area contributed by atoms with Crippen LogP contribution in [0.25, 0.3) is 0 Å². The van der Waals surface area contributed by atoms with Crippen molar-refractivity contribution in [1.29, 1.82) is 0 Å². The number of thiophene rings is 1. The summed E-state index contributed by atoms with van der Waals surface area (Å²) < 4.78 is 0. The van der Waals surface area contributed by atoms with E-state index < -0.39 is 0 Å². The molecular formula is C9H11NOS. The smallest absolute Gasteiger partial charge is 0.211 e. The van der Waals surface area contributed by atoms with Crippen molar-refractivity contribution in [2.24, 2.45) is 4.99 Å². The van der Waals surface area contributed by atoms with E-state index in [9.17, 15) is 4.79 Å². The van der Waals surface area contributed by atoms with E-state index in [1.165, 1.54) is 22.3 Å². The van der Waals surface area contributed by atoms with Gasteiger partial charge >= 0.3 is 0 Å². The minimum absolute atomic E-state index is 0.140. The molecule has 0 saturated heterocycles. The van der Waals surface area contributed by atoms with E-state index >= 15 is 0 Å². The van der Waals surface area contributed by atoms with Crippen LogP contribution in [0, 0.1) is 0 Å². The summed E-state index contributed by atoms with van der Waals surface area (Å²) in [5.41, 5.74) is 0.140. The molecule has 0 aromatic carbocycles. The van der Waals surface area contributed by atoms with Crippen molar-refractivity contribution in [3.05, 3.63) is 17.0 Å². The fraction of sp³-hybridized carbons (Fsp3) is 0.444. The minimum atomic E-state index is 0.140. The summed E-state index contributed by atoms with van der Waals surface area (Å²) in [6.07, 6.45) is 1.53. The van der Waals surface area contributed by atoms with Gasteiger partial charge in [0.1, 0.15) is 5.00 Å². The van der Waals surface area contributed by atoms with Gasteiger partial charge in [-0.3, -0.25) is 0 Å². The van der Waals surface area contributed by atoms with Gasteiger partial charge in [0.2, 0.25) is 6.08 Å². The van der Waals surface area contributed by atoms with Gasteiger partial charge in [-0.25, -0.2) is 4.79 Å². The molecule has 0 atom stereocenters. The summed E-state index contributed by atoms with van der Waals surface area (Å²) in [7, 11) is 0. The monoisotopic (exact) mass is 181 g/mol. The maximum absolute atomic E-state index is 9.95. The first-order valence-corrected chi connectivity index (χ1v) is 4.54. The number of aliphatic imine (C=N–C) groups is 1. The standard InChI is InChI=1S/C9H11NOS/c1-9(2,3)7-4-5-8(12-7)10-6-11/h4-5H,1-3H3. The van der Waals surface area contributed by atoms with Crippen molar-refractivity contribution >= 4 is 22.4 Å². The van der Waals surface area contributed by atoms with Crippen molar-refractivity contribution in [3.8, 4) is 0 Å². The lowest BCUT2D eigenvalue weighted by Gasteiger charge is -2.14. The van der Waals surface area contributed by atoms with Crippen molar-refractivity contribution in [2.75, 3.05) is 0 Å². The predicted molar refractivity (Wildman–Crippen MR) is 50.8 cm³/mol. The molecule has 64 valence electrons. The van der Waals surface area contributed by atoms with E-state index in [0.29, 0.717) is 0 Å². The highest BCUT2D eigenvalue weighted by Crippen LogP contribution is 2.33. The lowest BCUT2D eigenvalue weighted by Crippen LogP contribution is -2.07. The molecule has 0 fully saturated rings. The molecule has 0 saturated carbocycles. The van der Waals surface area contributed by atoms with Gasteiger partial charge in [-0.15, -0.1) is 11.3 Å². The molecule has 0 N–H and O–H groups in total. The highest BCUT2D eigenvalue weighted by atomic mass is 32.1. The molecule has 12 heavy (non-hydrogen) atoms. The lowest BCUT2D eigenvalue weighted by atomic mass is 9.95. The van der Waals surface area contributed by atoms with E-state index in [-0.39, 0.29) is 5.41 Å². The Morgan fingerprint density at radius 2 is 2.08 bits per heavy atom. The fourth-order valence-corrected chi connectivity index (χ4v) is 1.72. The Bertz CT molecular complexity index is 316. The third-order valence-corrected chi connectivity index (χ3v) is 2.89. The molecule has 1 rings (SSSR count). The highest BCUT2D eigenvalue weighted by Gasteiger charge is 2.15. The summed E-state index contributed by atoms with van der Waals surface area (Å²) in [5, 5.41) is 0.731. The van der Waals surface area contributed by atoms with Crippen LogP contribution in [0.4, 0.5) is 5.00 Å². The SMILES string of the molecule is CC(C)(C)c1ccc(N=C=O)s1. The normalized spacial score (nSPS) is 10.9. The molecule has 1 aromatic heterocycles. The van der Waals surface area contributed by atoms with Gasteiger partial charge in [0.15, 0.2) is 0 Å². The summed E-state index contributed by atoms with van der Waals surface area (Å²) >= 11 is 1.54. The molecule has 1 heterocycles. The quantitative estimate of drug-likeness (QED) is 0.483. The van der Waals surface area contributed by atoms with E-state index in [2.05, 4.69) is 25.8 Å². The van der Waals surface area contributed by atoms with Crippen LogP contribution in [0.15, 0.2) is 17.1 Å². The minimum Gasteiger partial charge on any atom is -0.211 e. The maximum Gasteiger partial charge on any atom is 0.241 e. The van der Waals surface area contributed by atoms with Gasteiger partial charge in [-0.1, -0.05) is 20.8 Å². The van der Waals surface area contributed by atoms with E-state index in [4.69, 9.17) is 0 Å². The van der Waals surface area contributed by atoms with Gasteiger partial charge in [0.05, 0.1) is 0 Å². The number of rotatable bonds is 1. The number of nitrogens with zero attached hydrogens (tertiary/aromatic N) is 1. The van der Waals surface area contributed by atoms with Crippen LogP contribution in [0.2, 0.25) is 0 Å². The van der Waals surface area contributed by atoms with Crippen molar-refractivity contribution in [1.82, 2.24) is 0 Å². The van der Waals surface area contributed by atoms with Gasteiger partial charge < -0.3 is 0 Å². The van der Waals surface area contributed by atoms with Crippen LogP contribution in [0.5, 0.6) is 0 Å². The predicted octanol–water partition coefficient (Wildman–Crippen LogP) is 3.01. The second-order valence-corrected chi connectivity index (χ2v) is 4.65. The van der Waals surface area contributed by atoms with Gasteiger partial charge in [-0.05, 0) is 17.5 Å². The first-order valence-electron chi connectivity index (χ1n) is 3.72. The first-order chi connectivity index (χ1) is 5.54. The molecule has 0 aliphatic heterocycles. The second kappa shape index (κ2) is 3.21. The summed E-state index contributed by atoms with van der Waals surface area (Å²) in [6.45, 7) is 6.40. The van der Waals surface area contributed by atoms with Crippen LogP contribution in [-0.4, -0.2) is 6.08 Å². The summed E-state index contributed by atoms with van der Waals surface area (Å²) in [6, 6.07) is 3.84. The Kier molecular flexibility index (Phi) is 2.46. The maximum atomic E-state index is 9.95. The van der Waals surface area contributed by atoms with Gasteiger partial charge in [-0.2, -0.15) is 4.99 Å². The van der Waals surface area contributed by atoms with Crippen LogP contribution >= 0.6 is 11.3 Å². The second-order valence-electron chi connectivity index (χ2n) is 3.59. The average molecular weight is 181 g/mol. The van der Waals surface area contributed by atoms with Gasteiger partial charge in [0, 0.05) is 4.88 Å². The number of carbonyl (C=O) groups excluding carboxylic acids is 1. The Balaban J connectivity index is 2.99. The zero-order chi connectivity index (χ0) is 9.19. The van der Waals surface area contributed by atoms with E-state index in [1.807, 2.05) is 12.1 Å². The topological polar surface area (TPSA) is 29.4 Å². The number of hydrogen-bond donors (Lipinski definition) is 0. The molecule has 2 nitrogen and oxygen atoms in total. The molecule has 1 aromatic rings. The molecule has 0 aliphatic carbocycles. The Hall–Kier alpha value is -0.920. The highest BCUT2D eigenvalue weighted by molar-refractivity contribution is 7.15. The molecule has 0 unspecified atom stereocenters. The zero-order valence-corrected chi connectivity index (χ0v) is 8.23. The zero-order valence-electron chi connectivity index (χ0n) is 7.42. The van der Waals surface area contributed by atoms with Crippen LogP contribution in [-0.2, 0) is 10.2 Å². The van der Waals surface area contributed by atoms with Gasteiger partial charge in [0.25, 0.3) is 0 Å². The lowest BCUT2D eigenvalue weighted by molar-refractivity contribution is 0.565. The van der Waals surface area contributed by atoms with E-state index in [0.717, 1.165) is 5.00 Å².